The second-order valence-corrected chi connectivity index (χ2v) is 30.1. The van der Waals surface area contributed by atoms with Crippen LogP contribution in [0.4, 0.5) is 0 Å². The van der Waals surface area contributed by atoms with Crippen molar-refractivity contribution < 1.29 is 14.1 Å². The van der Waals surface area contributed by atoms with Gasteiger partial charge in [0.1, 0.15) is 0 Å². The molecule has 3 nitrogen and oxygen atoms in total. The summed E-state index contributed by atoms with van der Waals surface area (Å²) < 4.78 is 6.99. The van der Waals surface area contributed by atoms with E-state index in [0.717, 1.165) is 24.6 Å². The van der Waals surface area contributed by atoms with Crippen LogP contribution in [0.1, 0.15) is 387 Å². The molecule has 0 radical (unpaired) electrons. The normalized spacial score (nSPS) is 12.7. The molecule has 0 aromatic rings. The van der Waals surface area contributed by atoms with Crippen LogP contribution in [-0.4, -0.2) is 34.4 Å². The molecule has 69 heavy (non-hydrogen) atoms. The Bertz CT molecular complexity index is 804. The van der Waals surface area contributed by atoms with Gasteiger partial charge in [0.2, 0.25) is 0 Å². The molecule has 0 rings (SSSR count). The van der Waals surface area contributed by atoms with E-state index in [9.17, 15) is 9.79 Å². The molecule has 2 N–H and O–H groups in total. The van der Waals surface area contributed by atoms with E-state index in [1.165, 1.54) is 360 Å². The first-order valence-corrected chi connectivity index (χ1v) is 36.9. The van der Waals surface area contributed by atoms with Gasteiger partial charge in [-0.2, -0.15) is 0 Å². The summed E-state index contributed by atoms with van der Waals surface area (Å²) in [6.45, 7) is 6.45. The number of hydrogen-bond acceptors (Lipinski definition) is 3. The predicted octanol–water partition coefficient (Wildman–Crippen LogP) is 24.6. The van der Waals surface area contributed by atoms with Crippen molar-refractivity contribution in [3.8, 4) is 0 Å². The maximum atomic E-state index is 10.9. The minimum absolute atomic E-state index is 1.15. The molecule has 0 heterocycles. The first-order valence-electron chi connectivity index (χ1n) is 32.9. The van der Waals surface area contributed by atoms with Gasteiger partial charge in [-0.1, -0.05) is 105 Å². The zero-order chi connectivity index (χ0) is 50.2. The van der Waals surface area contributed by atoms with Crippen LogP contribution in [0, 0.1) is 0 Å². The zero-order valence-electron chi connectivity index (χ0n) is 48.6. The molecule has 0 fully saturated rings. The van der Waals surface area contributed by atoms with Crippen molar-refractivity contribution in [1.29, 1.82) is 0 Å². The number of hydrogen-bond donors (Lipinski definition) is 2. The van der Waals surface area contributed by atoms with Crippen molar-refractivity contribution in [2.75, 3.05) is 24.6 Å². The summed E-state index contributed by atoms with van der Waals surface area (Å²) in [6.07, 6.45) is 82.2. The van der Waals surface area contributed by atoms with Gasteiger partial charge < -0.3 is 0 Å². The molecule has 0 saturated heterocycles. The van der Waals surface area contributed by atoms with Crippen LogP contribution in [0.5, 0.6) is 0 Å². The van der Waals surface area contributed by atoms with Gasteiger partial charge in [-0.05, 0) is 0 Å². The van der Waals surface area contributed by atoms with Gasteiger partial charge in [-0.3, -0.25) is 0 Å². The summed E-state index contributed by atoms with van der Waals surface area (Å²) in [6, 6.07) is 0. The molecule has 0 aliphatic carbocycles. The Morgan fingerprint density at radius 2 is 0.319 bits per heavy atom. The fourth-order valence-corrected chi connectivity index (χ4v) is 20.3. The summed E-state index contributed by atoms with van der Waals surface area (Å²) in [7, 11) is -2.35. The second-order valence-electron chi connectivity index (χ2n) is 23.5. The Labute approximate surface area is 439 Å². The fraction of sp³-hybridized carbons (Fsp3) is 1.00. The van der Waals surface area contributed by atoms with E-state index >= 15 is 0 Å². The first kappa shape index (κ1) is 69.7. The van der Waals surface area contributed by atoms with E-state index in [1.807, 2.05) is 0 Å². The van der Waals surface area contributed by atoms with Crippen LogP contribution < -0.4 is 0 Å². The molecule has 0 amide bonds. The van der Waals surface area contributed by atoms with Crippen LogP contribution in [0.2, 0.25) is 0 Å². The summed E-state index contributed by atoms with van der Waals surface area (Å²) in [5, 5.41) is 0. The van der Waals surface area contributed by atoms with Gasteiger partial charge in [0.15, 0.2) is 0 Å². The minimum atomic E-state index is -2.81. The summed E-state index contributed by atoms with van der Waals surface area (Å²) in [4.78, 5) is 21.9. The SMILES string of the molecule is CCCCCCCCCCCCCCCCP(CCCCCCCCCCCCCCCC)(CCCCCCCCCCCCCCCC)(CCCCCCCCCCCCCCCC)OP(O)O. The van der Waals surface area contributed by atoms with Crippen molar-refractivity contribution in [2.24, 2.45) is 0 Å². The van der Waals surface area contributed by atoms with E-state index in [2.05, 4.69) is 27.7 Å². The van der Waals surface area contributed by atoms with Crippen molar-refractivity contribution >= 4 is 15.4 Å². The van der Waals surface area contributed by atoms with Crippen molar-refractivity contribution in [3.05, 3.63) is 0 Å². The number of unbranched alkanes of at least 4 members (excludes halogenated alkanes) is 52. The molecule has 5 heteroatoms. The Kier molecular flexibility index (Phi) is 57.1. The van der Waals surface area contributed by atoms with E-state index in [1.54, 1.807) is 0 Å². The van der Waals surface area contributed by atoms with E-state index < -0.39 is 15.4 Å². The molecule has 0 aliphatic heterocycles. The molecule has 0 spiro atoms. The van der Waals surface area contributed by atoms with E-state index in [0.29, 0.717) is 0 Å². The van der Waals surface area contributed by atoms with E-state index in [4.69, 9.17) is 4.31 Å². The van der Waals surface area contributed by atoms with Crippen LogP contribution >= 0.6 is 15.4 Å². The molecule has 0 aromatic heterocycles. The maximum absolute atomic E-state index is 10.9. The Morgan fingerprint density at radius 3 is 0.435 bits per heavy atom. The zero-order valence-corrected chi connectivity index (χ0v) is 50.4. The summed E-state index contributed by atoms with van der Waals surface area (Å²) in [5.74, 6) is 0. The first-order chi connectivity index (χ1) is 34.0. The van der Waals surface area contributed by atoms with Gasteiger partial charge in [0, 0.05) is 0 Å². The number of rotatable bonds is 62. The van der Waals surface area contributed by atoms with Crippen molar-refractivity contribution in [3.63, 3.8) is 0 Å². The molecule has 0 aromatic carbocycles. The Balaban J connectivity index is 5.45. The van der Waals surface area contributed by atoms with Crippen LogP contribution in [0.3, 0.4) is 0 Å². The topological polar surface area (TPSA) is 49.7 Å². The van der Waals surface area contributed by atoms with Crippen LogP contribution in [0.25, 0.3) is 0 Å². The molecule has 0 aliphatic rings. The average Bonchev–Trinajstić information content (AvgIpc) is 3.34. The van der Waals surface area contributed by atoms with Gasteiger partial charge in [-0.25, -0.2) is 0 Å². The summed E-state index contributed by atoms with van der Waals surface area (Å²) >= 11 is 0. The third-order valence-electron chi connectivity index (χ3n) is 16.6. The third kappa shape index (κ3) is 49.4. The van der Waals surface area contributed by atoms with Gasteiger partial charge in [0.05, 0.1) is 0 Å². The van der Waals surface area contributed by atoms with E-state index in [-0.39, 0.29) is 0 Å². The molecule has 0 bridgehead atoms. The molecule has 0 atom stereocenters. The average molecular weight is 1010 g/mol. The molecule has 418 valence electrons. The Hall–Kier alpha value is 0.740. The second kappa shape index (κ2) is 56.5. The van der Waals surface area contributed by atoms with Gasteiger partial charge >= 0.3 is 337 Å². The van der Waals surface area contributed by atoms with Crippen LogP contribution in [0.15, 0.2) is 0 Å². The Morgan fingerprint density at radius 1 is 0.203 bits per heavy atom. The fourth-order valence-electron chi connectivity index (χ4n) is 11.9. The molecular weight excluding hydrogens is 879 g/mol. The van der Waals surface area contributed by atoms with Crippen molar-refractivity contribution in [2.45, 2.75) is 387 Å². The quantitative estimate of drug-likeness (QED) is 0.0471. The predicted molar refractivity (Wildman–Crippen MR) is 320 cm³/mol. The van der Waals surface area contributed by atoms with Gasteiger partial charge in [0.25, 0.3) is 0 Å². The van der Waals surface area contributed by atoms with Crippen LogP contribution in [-0.2, 0) is 4.31 Å². The molecule has 0 saturated carbocycles. The standard InChI is InChI=1S/C64H134O3P2/c1-5-9-13-17-21-25-29-33-37-41-45-49-53-57-61-69(67-68(65)66,62-58-54-50-46-42-38-34-30-26-22-18-14-10-6-2,63-59-55-51-47-43-39-35-31-27-23-19-15-11-7-3)64-60-56-52-48-44-40-36-32-28-24-20-16-12-8-4/h65-66H,5-64H2,1-4H3. The summed E-state index contributed by atoms with van der Waals surface area (Å²) in [5.41, 5.74) is 0. The molecular formula is C64H134O3P2. The van der Waals surface area contributed by atoms with Gasteiger partial charge in [-0.15, -0.1) is 0 Å². The third-order valence-corrected chi connectivity index (χ3v) is 24.8. The molecule has 0 unspecified atom stereocenters. The van der Waals surface area contributed by atoms with Crippen molar-refractivity contribution in [1.82, 2.24) is 0 Å². The monoisotopic (exact) mass is 1010 g/mol.